The average Bonchev–Trinajstić information content (AvgIpc) is 2.33. The molecule has 5 heteroatoms. The van der Waals surface area contributed by atoms with Crippen LogP contribution in [-0.2, 0) is 9.53 Å². The van der Waals surface area contributed by atoms with Crippen LogP contribution in [0.1, 0.15) is 26.2 Å². The Morgan fingerprint density at radius 2 is 1.94 bits per heavy atom. The van der Waals surface area contributed by atoms with Crippen LogP contribution >= 0.6 is 0 Å². The molecule has 0 aromatic rings. The number of ether oxygens (including phenoxy) is 1. The molecule has 2 N–H and O–H groups in total. The van der Waals surface area contributed by atoms with E-state index in [1.54, 1.807) is 7.11 Å². The number of carbonyl (C=O) groups is 1. The lowest BCUT2D eigenvalue weighted by Crippen LogP contribution is -2.46. The van der Waals surface area contributed by atoms with Crippen LogP contribution in [0.4, 0.5) is 0 Å². The number of methoxy groups -OCH3 is 1. The predicted octanol–water partition coefficient (Wildman–Crippen LogP) is 0.541. The molecule has 0 heterocycles. The van der Waals surface area contributed by atoms with Crippen molar-refractivity contribution in [3.63, 3.8) is 0 Å². The van der Waals surface area contributed by atoms with E-state index in [0.29, 0.717) is 13.0 Å². The van der Waals surface area contributed by atoms with Gasteiger partial charge in [0.2, 0.25) is 5.91 Å². The highest BCUT2D eigenvalue weighted by atomic mass is 16.5. The average molecular weight is 259 g/mol. The molecule has 0 saturated heterocycles. The van der Waals surface area contributed by atoms with Crippen molar-refractivity contribution >= 4 is 5.91 Å². The van der Waals surface area contributed by atoms with Crippen LogP contribution in [0.3, 0.4) is 0 Å². The minimum atomic E-state index is -0.395. The molecule has 0 radical (unpaired) electrons. The van der Waals surface area contributed by atoms with Crippen LogP contribution in [0.5, 0.6) is 0 Å². The number of rotatable bonds is 10. The monoisotopic (exact) mass is 259 g/mol. The van der Waals surface area contributed by atoms with E-state index in [-0.39, 0.29) is 5.91 Å². The lowest BCUT2D eigenvalue weighted by Gasteiger charge is -2.26. The van der Waals surface area contributed by atoms with Crippen molar-refractivity contribution in [1.29, 1.82) is 0 Å². The maximum absolute atomic E-state index is 12.2. The zero-order chi connectivity index (χ0) is 14.0. The molecule has 0 aliphatic rings. The molecular weight excluding hydrogens is 230 g/mol. The van der Waals surface area contributed by atoms with Gasteiger partial charge in [0.05, 0.1) is 6.04 Å². The molecule has 1 atom stereocenters. The lowest BCUT2D eigenvalue weighted by molar-refractivity contribution is -0.133. The van der Waals surface area contributed by atoms with Gasteiger partial charge >= 0.3 is 0 Å². The van der Waals surface area contributed by atoms with E-state index < -0.39 is 6.04 Å². The van der Waals surface area contributed by atoms with Crippen molar-refractivity contribution in [2.45, 2.75) is 32.2 Å². The first kappa shape index (κ1) is 17.4. The second-order valence-corrected chi connectivity index (χ2v) is 4.87. The molecule has 108 valence electrons. The van der Waals surface area contributed by atoms with Crippen LogP contribution in [0.25, 0.3) is 0 Å². The first-order chi connectivity index (χ1) is 8.52. The maximum Gasteiger partial charge on any atom is 0.239 e. The van der Waals surface area contributed by atoms with Crippen LogP contribution < -0.4 is 5.73 Å². The third-order valence-electron chi connectivity index (χ3n) is 2.80. The quantitative estimate of drug-likeness (QED) is 0.582. The van der Waals surface area contributed by atoms with Gasteiger partial charge in [0.25, 0.3) is 0 Å². The first-order valence-electron chi connectivity index (χ1n) is 6.71. The van der Waals surface area contributed by atoms with Gasteiger partial charge in [-0.3, -0.25) is 4.79 Å². The zero-order valence-electron chi connectivity index (χ0n) is 12.3. The number of nitrogens with zero attached hydrogens (tertiary/aromatic N) is 2. The van der Waals surface area contributed by atoms with Gasteiger partial charge in [-0.2, -0.15) is 0 Å². The Labute approximate surface area is 111 Å². The summed E-state index contributed by atoms with van der Waals surface area (Å²) in [6.07, 6.45) is 2.48. The molecule has 0 saturated carbocycles. The molecule has 0 aromatic heterocycles. The van der Waals surface area contributed by atoms with Gasteiger partial charge in [-0.25, -0.2) is 0 Å². The van der Waals surface area contributed by atoms with Crippen molar-refractivity contribution in [3.05, 3.63) is 0 Å². The zero-order valence-corrected chi connectivity index (χ0v) is 12.3. The fourth-order valence-corrected chi connectivity index (χ4v) is 1.73. The fraction of sp³-hybridized carbons (Fsp3) is 0.923. The van der Waals surface area contributed by atoms with Gasteiger partial charge in [0, 0.05) is 33.4 Å². The number of amides is 1. The maximum atomic E-state index is 12.2. The van der Waals surface area contributed by atoms with Crippen LogP contribution in [0.15, 0.2) is 0 Å². The first-order valence-corrected chi connectivity index (χ1v) is 6.71. The molecule has 0 fully saturated rings. The Bertz CT molecular complexity index is 222. The lowest BCUT2D eigenvalue weighted by atomic mass is 10.1. The Kier molecular flexibility index (Phi) is 9.92. The summed E-state index contributed by atoms with van der Waals surface area (Å²) >= 11 is 0. The number of nitrogens with two attached hydrogens (primary N) is 1. The van der Waals surface area contributed by atoms with Gasteiger partial charge in [-0.05, 0) is 33.4 Å². The molecule has 18 heavy (non-hydrogen) atoms. The van der Waals surface area contributed by atoms with Gasteiger partial charge in [-0.1, -0.05) is 6.92 Å². The van der Waals surface area contributed by atoms with Crippen LogP contribution in [0.2, 0.25) is 0 Å². The van der Waals surface area contributed by atoms with E-state index in [2.05, 4.69) is 11.8 Å². The molecule has 0 rings (SSSR count). The van der Waals surface area contributed by atoms with Crippen molar-refractivity contribution in [2.24, 2.45) is 5.73 Å². The molecule has 0 aromatic carbocycles. The van der Waals surface area contributed by atoms with E-state index in [1.807, 2.05) is 19.0 Å². The van der Waals surface area contributed by atoms with Gasteiger partial charge in [0.15, 0.2) is 0 Å². The van der Waals surface area contributed by atoms with Crippen molar-refractivity contribution in [2.75, 3.05) is 47.4 Å². The molecular formula is C13H29N3O2. The molecule has 0 aliphatic carbocycles. The Hall–Kier alpha value is -0.650. The third kappa shape index (κ3) is 7.63. The molecule has 0 spiro atoms. The summed E-state index contributed by atoms with van der Waals surface area (Å²) in [5.41, 5.74) is 5.94. The summed E-state index contributed by atoms with van der Waals surface area (Å²) in [5, 5.41) is 0. The minimum Gasteiger partial charge on any atom is -0.385 e. The fourth-order valence-electron chi connectivity index (χ4n) is 1.73. The number of carbonyl (C=O) groups excluding carboxylic acids is 1. The number of likely N-dealkylation sites (N-methyl/N-ethyl adjacent to an activating group) is 1. The van der Waals surface area contributed by atoms with E-state index in [9.17, 15) is 4.79 Å². The van der Waals surface area contributed by atoms with Crippen LogP contribution in [0, 0.1) is 0 Å². The summed E-state index contributed by atoms with van der Waals surface area (Å²) < 4.78 is 4.97. The smallest absolute Gasteiger partial charge is 0.239 e. The highest BCUT2D eigenvalue weighted by Gasteiger charge is 2.19. The standard InChI is InChI=1S/C13H29N3O2/c1-5-8-16(10-9-15(2)3)13(17)12(14)7-6-11-18-4/h12H,5-11,14H2,1-4H3. The van der Waals surface area contributed by atoms with Gasteiger partial charge < -0.3 is 20.3 Å². The molecule has 1 amide bonds. The second kappa shape index (κ2) is 10.3. The highest BCUT2D eigenvalue weighted by molar-refractivity contribution is 5.81. The molecule has 5 nitrogen and oxygen atoms in total. The van der Waals surface area contributed by atoms with Crippen molar-refractivity contribution in [3.8, 4) is 0 Å². The highest BCUT2D eigenvalue weighted by Crippen LogP contribution is 2.02. The predicted molar refractivity (Wildman–Crippen MR) is 74.5 cm³/mol. The summed E-state index contributed by atoms with van der Waals surface area (Å²) in [5.74, 6) is 0.0646. The summed E-state index contributed by atoms with van der Waals surface area (Å²) in [4.78, 5) is 16.1. The van der Waals surface area contributed by atoms with Crippen LogP contribution in [-0.4, -0.2) is 69.2 Å². The summed E-state index contributed by atoms with van der Waals surface area (Å²) in [6, 6.07) is -0.395. The summed E-state index contributed by atoms with van der Waals surface area (Å²) in [6.45, 7) is 5.14. The Balaban J connectivity index is 4.17. The Morgan fingerprint density at radius 3 is 2.44 bits per heavy atom. The minimum absolute atomic E-state index is 0.0646. The number of hydrogen-bond acceptors (Lipinski definition) is 4. The molecule has 0 bridgehead atoms. The largest absolute Gasteiger partial charge is 0.385 e. The Morgan fingerprint density at radius 1 is 1.28 bits per heavy atom. The van der Waals surface area contributed by atoms with Gasteiger partial charge in [0.1, 0.15) is 0 Å². The normalized spacial score (nSPS) is 12.8. The van der Waals surface area contributed by atoms with E-state index in [1.165, 1.54) is 0 Å². The topological polar surface area (TPSA) is 58.8 Å². The van der Waals surface area contributed by atoms with Crippen molar-refractivity contribution in [1.82, 2.24) is 9.80 Å². The van der Waals surface area contributed by atoms with E-state index in [0.717, 1.165) is 32.5 Å². The molecule has 1 unspecified atom stereocenters. The summed E-state index contributed by atoms with van der Waals surface area (Å²) in [7, 11) is 5.67. The number of hydrogen-bond donors (Lipinski definition) is 1. The third-order valence-corrected chi connectivity index (χ3v) is 2.80. The molecule has 0 aliphatic heterocycles. The van der Waals surface area contributed by atoms with Crippen molar-refractivity contribution < 1.29 is 9.53 Å². The van der Waals surface area contributed by atoms with Gasteiger partial charge in [-0.15, -0.1) is 0 Å². The van der Waals surface area contributed by atoms with E-state index in [4.69, 9.17) is 10.5 Å². The SMILES string of the molecule is CCCN(CCN(C)C)C(=O)C(N)CCCOC. The second-order valence-electron chi connectivity index (χ2n) is 4.87. The van der Waals surface area contributed by atoms with E-state index >= 15 is 0 Å².